The first-order chi connectivity index (χ1) is 8.22. The Bertz CT molecular complexity index is 381. The zero-order chi connectivity index (χ0) is 12.5. The highest BCUT2D eigenvalue weighted by Gasteiger charge is 1.91. The lowest BCUT2D eigenvalue weighted by atomic mass is 10.2. The molecule has 0 bridgehead atoms. The maximum Gasteiger partial charge on any atom is 0.187 e. The van der Waals surface area contributed by atoms with Gasteiger partial charge in [-0.2, -0.15) is 5.10 Å². The Kier molecular flexibility index (Phi) is 6.54. The average Bonchev–Trinajstić information content (AvgIpc) is 2.32. The van der Waals surface area contributed by atoms with E-state index in [1.54, 1.807) is 25.5 Å². The van der Waals surface area contributed by atoms with Gasteiger partial charge in [-0.1, -0.05) is 23.7 Å². The summed E-state index contributed by atoms with van der Waals surface area (Å²) in [5.74, 6) is 0. The average molecular weight is 272 g/mol. The number of nitrogens with one attached hydrogen (secondary N) is 2. The summed E-state index contributed by atoms with van der Waals surface area (Å²) in [5, 5.41) is 8.09. The van der Waals surface area contributed by atoms with Gasteiger partial charge in [0.1, 0.15) is 0 Å². The minimum Gasteiger partial charge on any atom is -0.383 e. The Labute approximate surface area is 111 Å². The molecule has 1 aromatic carbocycles. The molecule has 0 radical (unpaired) electrons. The monoisotopic (exact) mass is 271 g/mol. The van der Waals surface area contributed by atoms with Crippen molar-refractivity contribution in [1.82, 2.24) is 10.7 Å². The van der Waals surface area contributed by atoms with Gasteiger partial charge in [0.2, 0.25) is 0 Å². The van der Waals surface area contributed by atoms with Gasteiger partial charge in [-0.15, -0.1) is 0 Å². The number of halogens is 1. The van der Waals surface area contributed by atoms with Crippen LogP contribution >= 0.6 is 23.8 Å². The lowest BCUT2D eigenvalue weighted by Crippen LogP contribution is -2.34. The smallest absolute Gasteiger partial charge is 0.187 e. The van der Waals surface area contributed by atoms with Gasteiger partial charge in [-0.3, -0.25) is 5.43 Å². The van der Waals surface area contributed by atoms with Crippen molar-refractivity contribution in [3.63, 3.8) is 0 Å². The number of rotatable bonds is 5. The van der Waals surface area contributed by atoms with Crippen molar-refractivity contribution in [2.45, 2.75) is 0 Å². The largest absolute Gasteiger partial charge is 0.383 e. The number of hydrazone groups is 1. The van der Waals surface area contributed by atoms with Crippen LogP contribution in [0.5, 0.6) is 0 Å². The van der Waals surface area contributed by atoms with Gasteiger partial charge >= 0.3 is 0 Å². The van der Waals surface area contributed by atoms with Gasteiger partial charge in [0.25, 0.3) is 0 Å². The summed E-state index contributed by atoms with van der Waals surface area (Å²) in [7, 11) is 1.64. The van der Waals surface area contributed by atoms with E-state index in [9.17, 15) is 0 Å². The second-order valence-electron chi connectivity index (χ2n) is 3.17. The summed E-state index contributed by atoms with van der Waals surface area (Å²) < 4.78 is 4.88. The molecular formula is C11H14ClN3OS. The third-order valence-corrected chi connectivity index (χ3v) is 2.33. The first-order valence-corrected chi connectivity index (χ1v) is 5.82. The molecule has 1 aromatic rings. The number of thiocarbonyl (C=S) groups is 1. The van der Waals surface area contributed by atoms with Gasteiger partial charge in [-0.25, -0.2) is 0 Å². The van der Waals surface area contributed by atoms with Crippen LogP contribution in [0.15, 0.2) is 29.4 Å². The van der Waals surface area contributed by atoms with Crippen LogP contribution in [0.25, 0.3) is 0 Å². The fourth-order valence-electron chi connectivity index (χ4n) is 1.02. The topological polar surface area (TPSA) is 45.6 Å². The molecule has 0 saturated carbocycles. The molecule has 0 amide bonds. The van der Waals surface area contributed by atoms with E-state index in [1.807, 2.05) is 12.1 Å². The molecule has 0 spiro atoms. The van der Waals surface area contributed by atoms with E-state index in [4.69, 9.17) is 28.6 Å². The fourth-order valence-corrected chi connectivity index (χ4v) is 1.30. The number of nitrogens with zero attached hydrogens (tertiary/aromatic N) is 1. The molecule has 0 fully saturated rings. The minimum atomic E-state index is 0.465. The third-order valence-electron chi connectivity index (χ3n) is 1.84. The summed E-state index contributed by atoms with van der Waals surface area (Å²) >= 11 is 10.8. The second kappa shape index (κ2) is 8.00. The van der Waals surface area contributed by atoms with Crippen molar-refractivity contribution in [3.05, 3.63) is 34.9 Å². The van der Waals surface area contributed by atoms with Gasteiger partial charge in [0.05, 0.1) is 12.8 Å². The predicted molar refractivity (Wildman–Crippen MR) is 74.7 cm³/mol. The molecule has 0 atom stereocenters. The zero-order valence-electron chi connectivity index (χ0n) is 9.44. The maximum absolute atomic E-state index is 5.76. The Morgan fingerprint density at radius 3 is 2.82 bits per heavy atom. The number of methoxy groups -OCH3 is 1. The van der Waals surface area contributed by atoms with Crippen LogP contribution in [0.2, 0.25) is 5.02 Å². The minimum absolute atomic E-state index is 0.465. The number of benzene rings is 1. The zero-order valence-corrected chi connectivity index (χ0v) is 11.0. The number of hydrogen-bond donors (Lipinski definition) is 2. The van der Waals surface area contributed by atoms with Crippen molar-refractivity contribution in [2.24, 2.45) is 5.10 Å². The van der Waals surface area contributed by atoms with Crippen molar-refractivity contribution >= 4 is 35.1 Å². The van der Waals surface area contributed by atoms with Crippen molar-refractivity contribution in [2.75, 3.05) is 20.3 Å². The molecule has 92 valence electrons. The maximum atomic E-state index is 5.76. The number of ether oxygens (including phenoxy) is 1. The summed E-state index contributed by atoms with van der Waals surface area (Å²) in [6.45, 7) is 1.25. The van der Waals surface area contributed by atoms with Crippen LogP contribution in [0.1, 0.15) is 5.56 Å². The molecule has 0 heterocycles. The molecule has 1 rings (SSSR count). The molecule has 0 aliphatic carbocycles. The van der Waals surface area contributed by atoms with Crippen molar-refractivity contribution in [3.8, 4) is 0 Å². The molecule has 0 saturated heterocycles. The van der Waals surface area contributed by atoms with Gasteiger partial charge in [-0.05, 0) is 29.9 Å². The van der Waals surface area contributed by atoms with Crippen LogP contribution in [0.4, 0.5) is 0 Å². The van der Waals surface area contributed by atoms with E-state index in [2.05, 4.69) is 15.8 Å². The summed E-state index contributed by atoms with van der Waals surface area (Å²) in [4.78, 5) is 0. The third kappa shape index (κ3) is 6.21. The molecular weight excluding hydrogens is 258 g/mol. The quantitative estimate of drug-likeness (QED) is 0.371. The standard InChI is InChI=1S/C11H14ClN3OS/c1-16-7-6-13-11(17)15-14-8-9-2-4-10(12)5-3-9/h2-5,8H,6-7H2,1H3,(H2,13,15,17). The molecule has 0 unspecified atom stereocenters. The predicted octanol–water partition coefficient (Wildman–Crippen LogP) is 1.78. The first kappa shape index (κ1) is 13.9. The molecule has 6 heteroatoms. The Balaban J connectivity index is 2.29. The lowest BCUT2D eigenvalue weighted by molar-refractivity contribution is 0.204. The lowest BCUT2D eigenvalue weighted by Gasteiger charge is -2.05. The van der Waals surface area contributed by atoms with E-state index < -0.39 is 0 Å². The second-order valence-corrected chi connectivity index (χ2v) is 4.01. The van der Waals surface area contributed by atoms with Crippen LogP contribution in [-0.4, -0.2) is 31.6 Å². The van der Waals surface area contributed by atoms with E-state index in [1.165, 1.54) is 0 Å². The SMILES string of the molecule is COCCNC(=S)NN=Cc1ccc(Cl)cc1. The molecule has 0 aliphatic rings. The van der Waals surface area contributed by atoms with Gasteiger partial charge < -0.3 is 10.1 Å². The molecule has 0 aromatic heterocycles. The Hall–Kier alpha value is -1.17. The van der Waals surface area contributed by atoms with Crippen LogP contribution in [0.3, 0.4) is 0 Å². The normalized spacial score (nSPS) is 10.5. The summed E-state index contributed by atoms with van der Waals surface area (Å²) in [5.41, 5.74) is 3.65. The van der Waals surface area contributed by atoms with Crippen LogP contribution < -0.4 is 10.7 Å². The van der Waals surface area contributed by atoms with E-state index in [0.717, 1.165) is 5.56 Å². The molecule has 2 N–H and O–H groups in total. The Morgan fingerprint density at radius 1 is 1.47 bits per heavy atom. The molecule has 17 heavy (non-hydrogen) atoms. The summed E-state index contributed by atoms with van der Waals surface area (Å²) in [6, 6.07) is 7.35. The van der Waals surface area contributed by atoms with Crippen LogP contribution in [0, 0.1) is 0 Å². The van der Waals surface area contributed by atoms with E-state index in [-0.39, 0.29) is 0 Å². The van der Waals surface area contributed by atoms with Gasteiger partial charge in [0, 0.05) is 18.7 Å². The highest BCUT2D eigenvalue weighted by atomic mass is 35.5. The highest BCUT2D eigenvalue weighted by molar-refractivity contribution is 7.80. The summed E-state index contributed by atoms with van der Waals surface area (Å²) in [6.07, 6.45) is 1.67. The van der Waals surface area contributed by atoms with E-state index >= 15 is 0 Å². The van der Waals surface area contributed by atoms with E-state index in [0.29, 0.717) is 23.3 Å². The molecule has 4 nitrogen and oxygen atoms in total. The van der Waals surface area contributed by atoms with Crippen molar-refractivity contribution in [1.29, 1.82) is 0 Å². The first-order valence-electron chi connectivity index (χ1n) is 5.04. The highest BCUT2D eigenvalue weighted by Crippen LogP contribution is 2.07. The van der Waals surface area contributed by atoms with Crippen LogP contribution in [-0.2, 0) is 4.74 Å². The fraction of sp³-hybridized carbons (Fsp3) is 0.273. The van der Waals surface area contributed by atoms with Gasteiger partial charge in [0.15, 0.2) is 5.11 Å². The number of hydrogen-bond acceptors (Lipinski definition) is 3. The Morgan fingerprint density at radius 2 is 2.18 bits per heavy atom. The molecule has 0 aliphatic heterocycles. The van der Waals surface area contributed by atoms with Crippen molar-refractivity contribution < 1.29 is 4.74 Å².